The summed E-state index contributed by atoms with van der Waals surface area (Å²) in [6, 6.07) is 12.9. The highest BCUT2D eigenvalue weighted by atomic mass is 32.2. The van der Waals surface area contributed by atoms with Crippen molar-refractivity contribution >= 4 is 59.4 Å². The van der Waals surface area contributed by atoms with Crippen molar-refractivity contribution in [1.29, 1.82) is 0 Å². The monoisotopic (exact) mass is 569 g/mol. The molecule has 0 fully saturated rings. The number of nitrogens with two attached hydrogens (primary N) is 1. The summed E-state index contributed by atoms with van der Waals surface area (Å²) in [5.74, 6) is -0.487. The van der Waals surface area contributed by atoms with Crippen LogP contribution in [0.1, 0.15) is 16.7 Å². The first kappa shape index (κ1) is 27.8. The molecular weight excluding hydrogens is 546 g/mol. The van der Waals surface area contributed by atoms with Gasteiger partial charge in [0.15, 0.2) is 5.75 Å². The average molecular weight is 570 g/mol. The zero-order chi connectivity index (χ0) is 28.7. The van der Waals surface area contributed by atoms with Gasteiger partial charge in [0, 0.05) is 11.1 Å². The third kappa shape index (κ3) is 5.93. The minimum absolute atomic E-state index is 0.251. The van der Waals surface area contributed by atoms with Gasteiger partial charge < -0.3 is 10.8 Å². The van der Waals surface area contributed by atoms with Gasteiger partial charge in [0.25, 0.3) is 20.2 Å². The van der Waals surface area contributed by atoms with E-state index in [1.54, 1.807) is 32.9 Å². The number of fused-ring (bicyclic) bond motifs is 1. The molecule has 202 valence electrons. The fourth-order valence-corrected chi connectivity index (χ4v) is 5.00. The van der Waals surface area contributed by atoms with Gasteiger partial charge in [0.1, 0.15) is 10.6 Å². The Labute approximate surface area is 224 Å². The summed E-state index contributed by atoms with van der Waals surface area (Å²) in [5.41, 5.74) is 8.60. The molecular formula is C25H23N5O7S2. The Hall–Kier alpha value is -4.24. The maximum Gasteiger partial charge on any atom is 0.296 e. The molecule has 0 atom stereocenters. The van der Waals surface area contributed by atoms with Crippen molar-refractivity contribution in [3.05, 3.63) is 71.3 Å². The Morgan fingerprint density at radius 2 is 1.23 bits per heavy atom. The van der Waals surface area contributed by atoms with Crippen LogP contribution in [0.4, 0.5) is 28.4 Å². The van der Waals surface area contributed by atoms with Crippen LogP contribution in [0.5, 0.6) is 5.75 Å². The molecule has 0 unspecified atom stereocenters. The number of nitrogen functional groups attached to an aromatic ring is 1. The van der Waals surface area contributed by atoms with Crippen molar-refractivity contribution in [3.8, 4) is 5.75 Å². The predicted octanol–water partition coefficient (Wildman–Crippen LogP) is 6.38. The summed E-state index contributed by atoms with van der Waals surface area (Å²) in [4.78, 5) is -0.878. The molecule has 4 rings (SSSR count). The number of rotatable bonds is 6. The Bertz CT molecular complexity index is 1920. The Morgan fingerprint density at radius 3 is 1.79 bits per heavy atom. The summed E-state index contributed by atoms with van der Waals surface area (Å²) in [5, 5.41) is 27.8. The fraction of sp³-hybridized carbons (Fsp3) is 0.120. The van der Waals surface area contributed by atoms with Crippen LogP contribution in [-0.4, -0.2) is 31.0 Å². The van der Waals surface area contributed by atoms with Gasteiger partial charge >= 0.3 is 0 Å². The van der Waals surface area contributed by atoms with Crippen molar-refractivity contribution in [1.82, 2.24) is 0 Å². The van der Waals surface area contributed by atoms with Gasteiger partial charge in [0.2, 0.25) is 0 Å². The van der Waals surface area contributed by atoms with Gasteiger partial charge in [-0.15, -0.1) is 5.11 Å². The smallest absolute Gasteiger partial charge is 0.296 e. The summed E-state index contributed by atoms with van der Waals surface area (Å²) in [6.45, 7) is 5.08. The van der Waals surface area contributed by atoms with Crippen LogP contribution in [0, 0.1) is 20.8 Å². The maximum absolute atomic E-state index is 12.0. The van der Waals surface area contributed by atoms with Crippen molar-refractivity contribution in [2.45, 2.75) is 30.6 Å². The van der Waals surface area contributed by atoms with Crippen LogP contribution < -0.4 is 5.73 Å². The van der Waals surface area contributed by atoms with Gasteiger partial charge in [0.05, 0.1) is 22.0 Å². The number of benzene rings is 4. The lowest BCUT2D eigenvalue weighted by Crippen LogP contribution is -1.99. The van der Waals surface area contributed by atoms with Crippen LogP contribution in [0.2, 0.25) is 0 Å². The van der Waals surface area contributed by atoms with E-state index in [-0.39, 0.29) is 10.3 Å². The standard InChI is InChI=1S/C25H23N5O7S2/c1-13-8-18(38(32,33)34)5-7-20(13)27-28-21-9-15(3)22(10-14(21)2)29-30-24-23(39(35,36)37)12-16-11-17(26)4-6-19(16)25(24)31/h4-12,31H,26H2,1-3H3,(H,32,33,34)(H,35,36,37). The first-order valence-electron chi connectivity index (χ1n) is 11.2. The van der Waals surface area contributed by atoms with Crippen LogP contribution in [0.3, 0.4) is 0 Å². The number of aryl methyl sites for hydroxylation is 3. The van der Waals surface area contributed by atoms with E-state index >= 15 is 0 Å². The number of phenolic OH excluding ortho intramolecular Hbond substituents is 1. The Kier molecular flexibility index (Phi) is 7.23. The summed E-state index contributed by atoms with van der Waals surface area (Å²) < 4.78 is 65.6. The zero-order valence-electron chi connectivity index (χ0n) is 20.9. The molecule has 0 radical (unpaired) electrons. The molecule has 0 saturated carbocycles. The lowest BCUT2D eigenvalue weighted by atomic mass is 10.1. The molecule has 12 nitrogen and oxygen atoms in total. The molecule has 5 N–H and O–H groups in total. The normalized spacial score (nSPS) is 12.6. The lowest BCUT2D eigenvalue weighted by molar-refractivity contribution is 0.472. The van der Waals surface area contributed by atoms with Crippen molar-refractivity contribution < 1.29 is 31.0 Å². The van der Waals surface area contributed by atoms with Crippen LogP contribution >= 0.6 is 0 Å². The van der Waals surface area contributed by atoms with Gasteiger partial charge in [-0.05, 0) is 97.4 Å². The van der Waals surface area contributed by atoms with Gasteiger partial charge in [-0.3, -0.25) is 9.11 Å². The van der Waals surface area contributed by atoms with E-state index in [0.29, 0.717) is 44.8 Å². The van der Waals surface area contributed by atoms with E-state index < -0.39 is 36.6 Å². The molecule has 0 heterocycles. The third-order valence-corrected chi connectivity index (χ3v) is 7.57. The average Bonchev–Trinajstić information content (AvgIpc) is 2.83. The number of azo groups is 2. The first-order chi connectivity index (χ1) is 18.1. The molecule has 0 aromatic heterocycles. The summed E-state index contributed by atoms with van der Waals surface area (Å²) in [6.07, 6.45) is 0. The predicted molar refractivity (Wildman–Crippen MR) is 145 cm³/mol. The number of aromatic hydroxyl groups is 1. The van der Waals surface area contributed by atoms with E-state index in [1.807, 2.05) is 0 Å². The maximum atomic E-state index is 12.0. The van der Waals surface area contributed by atoms with Crippen molar-refractivity contribution in [2.75, 3.05) is 5.73 Å². The fourth-order valence-electron chi connectivity index (χ4n) is 3.78. The third-order valence-electron chi connectivity index (χ3n) is 5.86. The number of nitrogens with zero attached hydrogens (tertiary/aromatic N) is 4. The van der Waals surface area contributed by atoms with E-state index in [0.717, 1.165) is 6.07 Å². The lowest BCUT2D eigenvalue weighted by Gasteiger charge is -2.10. The van der Waals surface area contributed by atoms with E-state index in [2.05, 4.69) is 20.5 Å². The van der Waals surface area contributed by atoms with E-state index in [4.69, 9.17) is 5.73 Å². The van der Waals surface area contributed by atoms with Crippen LogP contribution in [0.25, 0.3) is 10.8 Å². The Balaban J connectivity index is 1.71. The molecule has 4 aromatic rings. The van der Waals surface area contributed by atoms with Crippen molar-refractivity contribution in [2.24, 2.45) is 20.5 Å². The zero-order valence-corrected chi connectivity index (χ0v) is 22.5. The van der Waals surface area contributed by atoms with Crippen molar-refractivity contribution in [3.63, 3.8) is 0 Å². The number of hydrogen-bond acceptors (Lipinski definition) is 10. The highest BCUT2D eigenvalue weighted by Crippen LogP contribution is 2.42. The molecule has 0 aliphatic heterocycles. The minimum atomic E-state index is -4.77. The van der Waals surface area contributed by atoms with Gasteiger partial charge in [-0.2, -0.15) is 32.2 Å². The number of anilines is 1. The summed E-state index contributed by atoms with van der Waals surface area (Å²) in [7, 11) is -9.10. The first-order valence-corrected chi connectivity index (χ1v) is 14.1. The molecule has 14 heteroatoms. The molecule has 4 aromatic carbocycles. The second kappa shape index (κ2) is 10.1. The van der Waals surface area contributed by atoms with Crippen LogP contribution in [-0.2, 0) is 20.2 Å². The number of phenols is 1. The van der Waals surface area contributed by atoms with E-state index in [9.17, 15) is 31.0 Å². The minimum Gasteiger partial charge on any atom is -0.505 e. The molecule has 0 spiro atoms. The highest BCUT2D eigenvalue weighted by Gasteiger charge is 2.22. The van der Waals surface area contributed by atoms with Gasteiger partial charge in [-0.1, -0.05) is 0 Å². The van der Waals surface area contributed by atoms with E-state index in [1.165, 1.54) is 36.4 Å². The largest absolute Gasteiger partial charge is 0.505 e. The second-order valence-corrected chi connectivity index (χ2v) is 11.6. The molecule has 0 aliphatic rings. The highest BCUT2D eigenvalue weighted by molar-refractivity contribution is 7.86. The molecule has 0 aliphatic carbocycles. The molecule has 39 heavy (non-hydrogen) atoms. The molecule has 0 saturated heterocycles. The van der Waals surface area contributed by atoms with Gasteiger partial charge in [-0.25, -0.2) is 0 Å². The Morgan fingerprint density at radius 1 is 0.667 bits per heavy atom. The topological polar surface area (TPSA) is 204 Å². The SMILES string of the molecule is Cc1cc(S(=O)(=O)O)ccc1N=Nc1cc(C)c(N=Nc2c(S(=O)(=O)O)cc3cc(N)ccc3c2O)cc1C. The molecule has 0 amide bonds. The van der Waals surface area contributed by atoms with Crippen LogP contribution in [0.15, 0.2) is 84.8 Å². The summed E-state index contributed by atoms with van der Waals surface area (Å²) >= 11 is 0. The molecule has 0 bridgehead atoms. The quantitative estimate of drug-likeness (QED) is 0.116. The second-order valence-electron chi connectivity index (χ2n) is 8.78. The number of hydrogen-bond donors (Lipinski definition) is 4.